The molecular weight excluding hydrogens is 565 g/mol. The van der Waals surface area contributed by atoms with Crippen molar-refractivity contribution < 1.29 is 23.8 Å². The number of halogens is 2. The van der Waals surface area contributed by atoms with Crippen molar-refractivity contribution in [3.05, 3.63) is 64.0 Å². The standard InChI is InChI=1S/C26H31BrFN3O3.C4H8O/c1-16(21-12-19(27)11-17-14-29-30-23(17)21)34-15-26(18-5-7-20(28)8-6-18)9-10-31(24(32)33)22(13-26)25(2,3)4;1-2-4-5-3-1/h5-8,11-12,14,16,22H,9-10,13,15H2,1-4H3,(H,29,30)(H,32,33);1-4H2. The smallest absolute Gasteiger partial charge is 0.407 e. The Labute approximate surface area is 238 Å². The fraction of sp³-hybridized carbons (Fsp3) is 0.533. The third-order valence-electron chi connectivity index (χ3n) is 7.91. The van der Waals surface area contributed by atoms with Crippen LogP contribution in [0.25, 0.3) is 10.9 Å². The number of benzene rings is 2. The van der Waals surface area contributed by atoms with Gasteiger partial charge in [0.2, 0.25) is 0 Å². The first-order chi connectivity index (χ1) is 18.5. The molecule has 7 nitrogen and oxygen atoms in total. The van der Waals surface area contributed by atoms with Crippen molar-refractivity contribution in [3.8, 4) is 0 Å². The van der Waals surface area contributed by atoms with Gasteiger partial charge < -0.3 is 19.5 Å². The minimum atomic E-state index is -0.905. The number of carbonyl (C=O) groups is 1. The number of piperidine rings is 1. The van der Waals surface area contributed by atoms with Gasteiger partial charge in [-0.15, -0.1) is 0 Å². The summed E-state index contributed by atoms with van der Waals surface area (Å²) in [6.45, 7) is 11.0. The number of aromatic nitrogens is 2. The number of ether oxygens (including phenoxy) is 2. The van der Waals surface area contributed by atoms with Gasteiger partial charge in [0.15, 0.2) is 0 Å². The molecule has 0 radical (unpaired) electrons. The molecule has 39 heavy (non-hydrogen) atoms. The molecule has 0 aliphatic carbocycles. The highest BCUT2D eigenvalue weighted by molar-refractivity contribution is 9.10. The number of likely N-dealkylation sites (tertiary alicyclic amines) is 1. The summed E-state index contributed by atoms with van der Waals surface area (Å²) in [7, 11) is 0. The maximum Gasteiger partial charge on any atom is 0.407 e. The van der Waals surface area contributed by atoms with Crippen LogP contribution in [0.4, 0.5) is 9.18 Å². The lowest BCUT2D eigenvalue weighted by Gasteiger charge is -2.50. The molecule has 0 spiro atoms. The van der Waals surface area contributed by atoms with E-state index in [9.17, 15) is 14.3 Å². The van der Waals surface area contributed by atoms with E-state index in [1.807, 2.05) is 31.2 Å². The molecule has 3 atom stereocenters. The number of nitrogens with zero attached hydrogens (tertiary/aromatic N) is 2. The minimum absolute atomic E-state index is 0.201. The Morgan fingerprint density at radius 3 is 2.56 bits per heavy atom. The number of H-pyrrole nitrogens is 1. The fourth-order valence-electron chi connectivity index (χ4n) is 5.61. The van der Waals surface area contributed by atoms with Crippen LogP contribution in [-0.4, -0.2) is 58.7 Å². The van der Waals surface area contributed by atoms with Gasteiger partial charge in [0.25, 0.3) is 0 Å². The molecule has 5 rings (SSSR count). The predicted octanol–water partition coefficient (Wildman–Crippen LogP) is 7.47. The summed E-state index contributed by atoms with van der Waals surface area (Å²) in [4.78, 5) is 13.6. The molecule has 1 aromatic heterocycles. The van der Waals surface area contributed by atoms with Crippen molar-refractivity contribution in [2.75, 3.05) is 26.4 Å². The maximum atomic E-state index is 13.8. The van der Waals surface area contributed by atoms with Crippen molar-refractivity contribution in [1.29, 1.82) is 0 Å². The molecule has 2 aliphatic heterocycles. The molecular formula is C30H39BrFN3O4. The highest BCUT2D eigenvalue weighted by Gasteiger charge is 2.47. The van der Waals surface area contributed by atoms with Crippen molar-refractivity contribution in [3.63, 3.8) is 0 Å². The average molecular weight is 605 g/mol. The molecule has 212 valence electrons. The summed E-state index contributed by atoms with van der Waals surface area (Å²) in [6, 6.07) is 10.4. The molecule has 3 aromatic rings. The second-order valence-electron chi connectivity index (χ2n) is 11.7. The predicted molar refractivity (Wildman–Crippen MR) is 153 cm³/mol. The fourth-order valence-corrected chi connectivity index (χ4v) is 6.10. The monoisotopic (exact) mass is 603 g/mol. The van der Waals surface area contributed by atoms with E-state index < -0.39 is 11.5 Å². The highest BCUT2D eigenvalue weighted by Crippen LogP contribution is 2.44. The summed E-state index contributed by atoms with van der Waals surface area (Å²) in [6.07, 6.45) is 4.40. The van der Waals surface area contributed by atoms with E-state index in [0.29, 0.717) is 26.0 Å². The van der Waals surface area contributed by atoms with Crippen LogP contribution < -0.4 is 0 Å². The number of rotatable bonds is 5. The average Bonchev–Trinajstić information content (AvgIpc) is 3.62. The molecule has 2 aromatic carbocycles. The van der Waals surface area contributed by atoms with Gasteiger partial charge in [-0.05, 0) is 67.9 Å². The van der Waals surface area contributed by atoms with Crippen molar-refractivity contribution in [2.45, 2.75) is 70.9 Å². The first-order valence-electron chi connectivity index (χ1n) is 13.6. The summed E-state index contributed by atoms with van der Waals surface area (Å²) in [5.41, 5.74) is 2.19. The normalized spacial score (nSPS) is 22.4. The van der Waals surface area contributed by atoms with E-state index in [1.165, 1.54) is 25.0 Å². The lowest BCUT2D eigenvalue weighted by atomic mass is 9.66. The lowest BCUT2D eigenvalue weighted by molar-refractivity contribution is -0.0264. The number of hydrogen-bond acceptors (Lipinski definition) is 4. The molecule has 2 aliphatic rings. The van der Waals surface area contributed by atoms with Crippen LogP contribution in [0.2, 0.25) is 0 Å². The molecule has 3 heterocycles. The Morgan fingerprint density at radius 2 is 1.97 bits per heavy atom. The van der Waals surface area contributed by atoms with E-state index in [4.69, 9.17) is 9.47 Å². The quantitative estimate of drug-likeness (QED) is 0.316. The van der Waals surface area contributed by atoms with Crippen molar-refractivity contribution >= 4 is 32.9 Å². The molecule has 0 bridgehead atoms. The Hall–Kier alpha value is -2.49. The zero-order chi connectivity index (χ0) is 28.2. The molecule has 2 saturated heterocycles. The highest BCUT2D eigenvalue weighted by atomic mass is 79.9. The van der Waals surface area contributed by atoms with E-state index in [2.05, 4.69) is 46.9 Å². The number of hydrogen-bond donors (Lipinski definition) is 2. The second-order valence-corrected chi connectivity index (χ2v) is 12.6. The van der Waals surface area contributed by atoms with Gasteiger partial charge in [-0.2, -0.15) is 5.10 Å². The first-order valence-corrected chi connectivity index (χ1v) is 14.4. The zero-order valence-electron chi connectivity index (χ0n) is 23.2. The van der Waals surface area contributed by atoms with Crippen LogP contribution in [0, 0.1) is 11.2 Å². The van der Waals surface area contributed by atoms with Gasteiger partial charge in [-0.3, -0.25) is 5.10 Å². The van der Waals surface area contributed by atoms with E-state index in [-0.39, 0.29) is 23.4 Å². The Bertz CT molecular complexity index is 1250. The summed E-state index contributed by atoms with van der Waals surface area (Å²) in [5, 5.41) is 18.1. The number of amides is 1. The summed E-state index contributed by atoms with van der Waals surface area (Å²) in [5.74, 6) is -0.292. The van der Waals surface area contributed by atoms with Gasteiger partial charge in [0.1, 0.15) is 5.82 Å². The molecule has 0 saturated carbocycles. The minimum Gasteiger partial charge on any atom is -0.465 e. The van der Waals surface area contributed by atoms with Crippen LogP contribution >= 0.6 is 15.9 Å². The topological polar surface area (TPSA) is 87.7 Å². The van der Waals surface area contributed by atoms with Gasteiger partial charge >= 0.3 is 6.09 Å². The summed E-state index contributed by atoms with van der Waals surface area (Å²) >= 11 is 3.57. The Balaban J connectivity index is 0.000000634. The maximum absolute atomic E-state index is 13.8. The zero-order valence-corrected chi connectivity index (χ0v) is 24.8. The van der Waals surface area contributed by atoms with Crippen LogP contribution in [-0.2, 0) is 14.9 Å². The van der Waals surface area contributed by atoms with E-state index >= 15 is 0 Å². The SMILES string of the molecule is C1CCOC1.CC(OCC1(c2ccc(F)cc2)CCN(C(=O)O)C(C(C)(C)C)C1)c1cc(Br)cc2cn[nH]c12. The van der Waals surface area contributed by atoms with Crippen molar-refractivity contribution in [1.82, 2.24) is 15.1 Å². The third-order valence-corrected chi connectivity index (χ3v) is 8.37. The van der Waals surface area contributed by atoms with Gasteiger partial charge in [0.05, 0.1) is 24.4 Å². The van der Waals surface area contributed by atoms with E-state index in [0.717, 1.165) is 39.7 Å². The van der Waals surface area contributed by atoms with Gasteiger partial charge in [-0.1, -0.05) is 48.8 Å². The molecule has 1 amide bonds. The second kappa shape index (κ2) is 12.4. The number of aromatic amines is 1. The molecule has 9 heteroatoms. The lowest BCUT2D eigenvalue weighted by Crippen LogP contribution is -2.57. The number of nitrogens with one attached hydrogen (secondary N) is 1. The third kappa shape index (κ3) is 6.99. The molecule has 2 N–H and O–H groups in total. The van der Waals surface area contributed by atoms with Crippen LogP contribution in [0.1, 0.15) is 70.6 Å². The largest absolute Gasteiger partial charge is 0.465 e. The summed E-state index contributed by atoms with van der Waals surface area (Å²) < 4.78 is 26.2. The first kappa shape index (κ1) is 29.5. The number of fused-ring (bicyclic) bond motifs is 1. The van der Waals surface area contributed by atoms with Crippen LogP contribution in [0.3, 0.4) is 0 Å². The number of carboxylic acid groups (broad SMARTS) is 1. The Morgan fingerprint density at radius 1 is 1.28 bits per heavy atom. The van der Waals surface area contributed by atoms with Gasteiger partial charge in [0, 0.05) is 46.6 Å². The van der Waals surface area contributed by atoms with Crippen LogP contribution in [0.15, 0.2) is 47.1 Å². The van der Waals surface area contributed by atoms with E-state index in [1.54, 1.807) is 11.1 Å². The van der Waals surface area contributed by atoms with Crippen LogP contribution in [0.5, 0.6) is 0 Å². The van der Waals surface area contributed by atoms with Gasteiger partial charge in [-0.25, -0.2) is 9.18 Å². The molecule has 2 fully saturated rings. The molecule has 3 unspecified atom stereocenters. The Kier molecular flexibility index (Phi) is 9.34. The van der Waals surface area contributed by atoms with Crippen molar-refractivity contribution in [2.24, 2.45) is 5.41 Å².